The van der Waals surface area contributed by atoms with Gasteiger partial charge >= 0.3 is 113 Å². The molecule has 3 aromatic rings. The van der Waals surface area contributed by atoms with E-state index in [4.69, 9.17) is 10.6 Å². The quantitative estimate of drug-likeness (QED) is 0.566. The molecule has 0 aliphatic heterocycles. The Bertz CT molecular complexity index is 495. The van der Waals surface area contributed by atoms with Crippen molar-refractivity contribution in [1.82, 2.24) is 30.6 Å². The van der Waals surface area contributed by atoms with E-state index in [1.807, 2.05) is 0 Å². The third-order valence-corrected chi connectivity index (χ3v) is 4.90. The second kappa shape index (κ2) is 5.54. The van der Waals surface area contributed by atoms with Gasteiger partial charge < -0.3 is 0 Å². The topological polar surface area (TPSA) is 114 Å². The van der Waals surface area contributed by atoms with Gasteiger partial charge in [-0.2, -0.15) is 0 Å². The van der Waals surface area contributed by atoms with Crippen molar-refractivity contribution in [2.24, 2.45) is 0 Å². The molecule has 0 fully saturated rings. The first-order valence-corrected chi connectivity index (χ1v) is 8.35. The van der Waals surface area contributed by atoms with E-state index in [2.05, 4.69) is 30.6 Å². The zero-order valence-electron chi connectivity index (χ0n) is 9.61. The second-order valence-electron chi connectivity index (χ2n) is 3.40. The normalized spacial score (nSPS) is 10.1. The summed E-state index contributed by atoms with van der Waals surface area (Å²) in [7, 11) is 0. The number of nitrogens with one attached hydrogen (secondary N) is 3. The van der Waals surface area contributed by atoms with Crippen molar-refractivity contribution in [3.05, 3.63) is 36.8 Å². The van der Waals surface area contributed by atoms with Gasteiger partial charge in [-0.1, -0.05) is 0 Å². The maximum atomic E-state index is 5.63. The van der Waals surface area contributed by atoms with Gasteiger partial charge in [0.05, 0.1) is 0 Å². The molecule has 19 heavy (non-hydrogen) atoms. The van der Waals surface area contributed by atoms with Crippen molar-refractivity contribution in [1.29, 1.82) is 0 Å². The Morgan fingerprint density at radius 2 is 1.05 bits per heavy atom. The van der Waals surface area contributed by atoms with Crippen molar-refractivity contribution in [2.45, 2.75) is 0 Å². The molecule has 0 unspecified atom stereocenters. The van der Waals surface area contributed by atoms with Gasteiger partial charge in [-0.25, -0.2) is 0 Å². The number of H-pyrrole nitrogens is 3. The van der Waals surface area contributed by atoms with E-state index in [9.17, 15) is 0 Å². The van der Waals surface area contributed by atoms with Crippen molar-refractivity contribution in [3.8, 4) is 17.6 Å². The van der Waals surface area contributed by atoms with Crippen LogP contribution in [0.2, 0.25) is 0 Å². The van der Waals surface area contributed by atoms with Crippen LogP contribution in [0.15, 0.2) is 36.8 Å². The summed E-state index contributed by atoms with van der Waals surface area (Å²) < 4.78 is 16.9. The molecule has 0 saturated heterocycles. The van der Waals surface area contributed by atoms with Crippen LogP contribution in [0.3, 0.4) is 0 Å². The molecule has 3 aromatic heterocycles. The first-order valence-electron chi connectivity index (χ1n) is 5.38. The molecule has 0 aromatic carbocycles. The van der Waals surface area contributed by atoms with Gasteiger partial charge in [0.2, 0.25) is 0 Å². The summed E-state index contributed by atoms with van der Waals surface area (Å²) in [6.07, 6.45) is 4.75. The molecule has 0 aliphatic rings. The minimum atomic E-state index is -3.05. The molecule has 3 rings (SSSR count). The van der Waals surface area contributed by atoms with Crippen LogP contribution in [0.4, 0.5) is 0 Å². The second-order valence-corrected chi connectivity index (χ2v) is 6.10. The first kappa shape index (κ1) is 11.7. The van der Waals surface area contributed by atoms with Gasteiger partial charge in [-0.05, 0) is 0 Å². The summed E-state index contributed by atoms with van der Waals surface area (Å²) in [6.45, 7) is 0. The Morgan fingerprint density at radius 1 is 0.684 bits per heavy atom. The van der Waals surface area contributed by atoms with Crippen LogP contribution in [0, 0.1) is 0 Å². The molecule has 0 amide bonds. The van der Waals surface area contributed by atoms with Crippen molar-refractivity contribution >= 4 is 17.3 Å². The molecular formula is C9H9GaN6O3. The molecule has 0 spiro atoms. The van der Waals surface area contributed by atoms with Gasteiger partial charge in [0.1, 0.15) is 0 Å². The minimum absolute atomic E-state index is 0.490. The fourth-order valence-electron chi connectivity index (χ4n) is 1.31. The summed E-state index contributed by atoms with van der Waals surface area (Å²) in [5.74, 6) is 1.47. The monoisotopic (exact) mass is 318 g/mol. The Hall–Kier alpha value is -2.33. The Kier molecular flexibility index (Phi) is 3.42. The Labute approximate surface area is 113 Å². The number of rotatable bonds is 6. The van der Waals surface area contributed by atoms with Crippen LogP contribution in [-0.2, 0) is 0 Å². The summed E-state index contributed by atoms with van der Waals surface area (Å²) in [6, 6.07) is 5.06. The van der Waals surface area contributed by atoms with Crippen LogP contribution < -0.4 is 10.6 Å². The van der Waals surface area contributed by atoms with Crippen molar-refractivity contribution in [3.63, 3.8) is 0 Å². The van der Waals surface area contributed by atoms with E-state index in [1.54, 1.807) is 36.8 Å². The van der Waals surface area contributed by atoms with Crippen molar-refractivity contribution in [2.75, 3.05) is 0 Å². The molecule has 0 atom stereocenters. The van der Waals surface area contributed by atoms with E-state index in [0.717, 1.165) is 0 Å². The summed E-state index contributed by atoms with van der Waals surface area (Å²) >= 11 is -3.05. The standard InChI is InChI=1S/3C3H4N2O.Ga/c3*6-3-1-2-4-5-3;/h3*1-2H,(H2,4,5,6);/q;;;+3/p-3. The fraction of sp³-hybridized carbons (Fsp3) is 0. The van der Waals surface area contributed by atoms with Crippen LogP contribution in [0.25, 0.3) is 0 Å². The van der Waals surface area contributed by atoms with E-state index in [1.165, 1.54) is 0 Å². The molecule has 0 saturated carbocycles. The van der Waals surface area contributed by atoms with Crippen LogP contribution in [-0.4, -0.2) is 47.9 Å². The molecule has 10 heteroatoms. The average molecular weight is 319 g/mol. The predicted molar refractivity (Wildman–Crippen MR) is 63.4 cm³/mol. The third-order valence-electron chi connectivity index (χ3n) is 2.10. The van der Waals surface area contributed by atoms with Gasteiger partial charge in [0.15, 0.2) is 0 Å². The van der Waals surface area contributed by atoms with E-state index in [0.29, 0.717) is 17.6 Å². The van der Waals surface area contributed by atoms with Gasteiger partial charge in [0.25, 0.3) is 0 Å². The molecule has 0 radical (unpaired) electrons. The Balaban J connectivity index is 1.70. The molecule has 9 nitrogen and oxygen atoms in total. The fourth-order valence-corrected chi connectivity index (χ4v) is 3.74. The number of nitrogens with zero attached hydrogens (tertiary/aromatic N) is 3. The zero-order chi connectivity index (χ0) is 12.9. The molecule has 0 bridgehead atoms. The number of hydrogen-bond donors (Lipinski definition) is 3. The van der Waals surface area contributed by atoms with E-state index >= 15 is 0 Å². The summed E-state index contributed by atoms with van der Waals surface area (Å²) in [5.41, 5.74) is 0. The first-order chi connectivity index (χ1) is 9.40. The summed E-state index contributed by atoms with van der Waals surface area (Å²) in [4.78, 5) is 0. The van der Waals surface area contributed by atoms with E-state index in [-0.39, 0.29) is 0 Å². The van der Waals surface area contributed by atoms with E-state index < -0.39 is 17.3 Å². The molecule has 3 heterocycles. The average Bonchev–Trinajstić information content (AvgIpc) is 3.10. The van der Waals surface area contributed by atoms with Crippen LogP contribution in [0.1, 0.15) is 0 Å². The Morgan fingerprint density at radius 3 is 1.32 bits per heavy atom. The number of aromatic nitrogens is 6. The SMILES string of the molecule is c1cc([O][Ga]([O]c2ccn[nH]2)[O]c2ccn[nH]2)[nH]n1. The molecule has 96 valence electrons. The number of hydrogen-bond acceptors (Lipinski definition) is 6. The van der Waals surface area contributed by atoms with Gasteiger partial charge in [-0.15, -0.1) is 0 Å². The molecular weight excluding hydrogens is 310 g/mol. The number of aromatic amines is 3. The third kappa shape index (κ3) is 3.11. The van der Waals surface area contributed by atoms with Gasteiger partial charge in [-0.3, -0.25) is 0 Å². The van der Waals surface area contributed by atoms with Gasteiger partial charge in [0, 0.05) is 0 Å². The predicted octanol–water partition coefficient (Wildman–Crippen LogP) is 0.378. The molecule has 3 N–H and O–H groups in total. The van der Waals surface area contributed by atoms with Crippen LogP contribution in [0.5, 0.6) is 17.6 Å². The zero-order valence-corrected chi connectivity index (χ0v) is 12.0. The maximum absolute atomic E-state index is 5.63. The summed E-state index contributed by atoms with van der Waals surface area (Å²) in [5, 5.41) is 19.5. The molecule has 0 aliphatic carbocycles. The van der Waals surface area contributed by atoms with Crippen molar-refractivity contribution < 1.29 is 10.6 Å². The van der Waals surface area contributed by atoms with Crippen LogP contribution >= 0.6 is 0 Å².